The molecule has 8 heteroatoms. The minimum absolute atomic E-state index is 0.00700. The number of aliphatic hydroxyl groups excluding tert-OH is 1. The van der Waals surface area contributed by atoms with Gasteiger partial charge in [-0.2, -0.15) is 0 Å². The molecule has 3 aromatic carbocycles. The topological polar surface area (TPSA) is 85.3 Å². The summed E-state index contributed by atoms with van der Waals surface area (Å²) in [4.78, 5) is 28.1. The molecule has 0 saturated carbocycles. The third-order valence-electron chi connectivity index (χ3n) is 6.06. The summed E-state index contributed by atoms with van der Waals surface area (Å²) in [5, 5.41) is 11.7. The number of hydrogen-bond acceptors (Lipinski definition) is 6. The number of benzene rings is 3. The predicted molar refractivity (Wildman–Crippen MR) is 141 cm³/mol. The molecular formula is C29H28ClNO6. The van der Waals surface area contributed by atoms with Gasteiger partial charge in [-0.15, -0.1) is 0 Å². The van der Waals surface area contributed by atoms with Crippen LogP contribution in [0.2, 0.25) is 5.02 Å². The molecule has 1 saturated heterocycles. The number of hydrogen-bond donors (Lipinski definition) is 1. The van der Waals surface area contributed by atoms with Crippen LogP contribution in [-0.2, 0) is 16.1 Å². The van der Waals surface area contributed by atoms with Crippen molar-refractivity contribution in [3.8, 4) is 17.2 Å². The SMILES string of the molecule is CCOc1ccc(C2/C(=C(/O)c3ccc(Cl)c(OCC)c3)C(=O)C(=O)N2Cc2ccc(OC)cc2)cc1. The Kier molecular flexibility index (Phi) is 8.04. The fraction of sp³-hybridized carbons (Fsp3) is 0.241. The van der Waals surface area contributed by atoms with Gasteiger partial charge in [-0.05, 0) is 67.4 Å². The van der Waals surface area contributed by atoms with Crippen LogP contribution in [0.3, 0.4) is 0 Å². The molecule has 0 radical (unpaired) electrons. The molecule has 37 heavy (non-hydrogen) atoms. The maximum atomic E-state index is 13.3. The van der Waals surface area contributed by atoms with E-state index >= 15 is 0 Å². The molecule has 0 aliphatic carbocycles. The first-order valence-corrected chi connectivity index (χ1v) is 12.3. The summed E-state index contributed by atoms with van der Waals surface area (Å²) in [6, 6.07) is 18.3. The molecule has 0 bridgehead atoms. The molecule has 1 atom stereocenters. The maximum absolute atomic E-state index is 13.3. The minimum Gasteiger partial charge on any atom is -0.507 e. The van der Waals surface area contributed by atoms with E-state index in [1.54, 1.807) is 61.7 Å². The fourth-order valence-corrected chi connectivity index (χ4v) is 4.47. The normalized spacial score (nSPS) is 16.6. The molecule has 1 unspecified atom stereocenters. The number of methoxy groups -OCH3 is 1. The zero-order valence-corrected chi connectivity index (χ0v) is 21.6. The van der Waals surface area contributed by atoms with E-state index < -0.39 is 17.7 Å². The van der Waals surface area contributed by atoms with Crippen LogP contribution >= 0.6 is 11.6 Å². The largest absolute Gasteiger partial charge is 0.507 e. The van der Waals surface area contributed by atoms with Gasteiger partial charge in [0.2, 0.25) is 0 Å². The van der Waals surface area contributed by atoms with Crippen molar-refractivity contribution in [3.05, 3.63) is 94.0 Å². The molecule has 1 heterocycles. The first-order chi connectivity index (χ1) is 17.9. The summed E-state index contributed by atoms with van der Waals surface area (Å²) in [7, 11) is 1.58. The van der Waals surface area contributed by atoms with Gasteiger partial charge in [-0.1, -0.05) is 35.9 Å². The first-order valence-electron chi connectivity index (χ1n) is 11.9. The van der Waals surface area contributed by atoms with Crippen LogP contribution in [-0.4, -0.2) is 42.0 Å². The summed E-state index contributed by atoms with van der Waals surface area (Å²) in [6.45, 7) is 4.75. The van der Waals surface area contributed by atoms with E-state index in [-0.39, 0.29) is 17.9 Å². The highest BCUT2D eigenvalue weighted by Gasteiger charge is 2.46. The Morgan fingerprint density at radius 2 is 1.57 bits per heavy atom. The molecule has 192 valence electrons. The highest BCUT2D eigenvalue weighted by molar-refractivity contribution is 6.46. The van der Waals surface area contributed by atoms with Crippen molar-refractivity contribution >= 4 is 29.1 Å². The van der Waals surface area contributed by atoms with Gasteiger partial charge in [0.15, 0.2) is 0 Å². The molecule has 0 spiro atoms. The van der Waals surface area contributed by atoms with Crippen LogP contribution < -0.4 is 14.2 Å². The Hall–Kier alpha value is -3.97. The number of nitrogens with zero attached hydrogens (tertiary/aromatic N) is 1. The summed E-state index contributed by atoms with van der Waals surface area (Å²) in [5.74, 6) is -0.0439. The van der Waals surface area contributed by atoms with Crippen molar-refractivity contribution in [2.75, 3.05) is 20.3 Å². The van der Waals surface area contributed by atoms with E-state index in [1.165, 1.54) is 4.90 Å². The Balaban J connectivity index is 1.82. The van der Waals surface area contributed by atoms with E-state index in [0.717, 1.165) is 5.56 Å². The lowest BCUT2D eigenvalue weighted by atomic mass is 9.95. The first kappa shape index (κ1) is 26.1. The lowest BCUT2D eigenvalue weighted by Gasteiger charge is -2.25. The fourth-order valence-electron chi connectivity index (χ4n) is 4.30. The van der Waals surface area contributed by atoms with Gasteiger partial charge in [0.05, 0.1) is 37.0 Å². The van der Waals surface area contributed by atoms with E-state index in [0.29, 0.717) is 46.6 Å². The molecule has 3 aromatic rings. The van der Waals surface area contributed by atoms with Crippen molar-refractivity contribution in [2.45, 2.75) is 26.4 Å². The molecule has 0 aromatic heterocycles. The average Bonchev–Trinajstić information content (AvgIpc) is 3.15. The summed E-state index contributed by atoms with van der Waals surface area (Å²) < 4.78 is 16.3. The predicted octanol–water partition coefficient (Wildman–Crippen LogP) is 5.77. The number of likely N-dealkylation sites (tertiary alicyclic amines) is 1. The van der Waals surface area contributed by atoms with Crippen molar-refractivity contribution < 1.29 is 28.9 Å². The van der Waals surface area contributed by atoms with Gasteiger partial charge in [0, 0.05) is 12.1 Å². The molecule has 1 N–H and O–H groups in total. The quantitative estimate of drug-likeness (QED) is 0.219. The number of aliphatic hydroxyl groups is 1. The molecule has 1 fully saturated rings. The summed E-state index contributed by atoms with van der Waals surface area (Å²) in [5.41, 5.74) is 1.79. The summed E-state index contributed by atoms with van der Waals surface area (Å²) in [6.07, 6.45) is 0. The number of Topliss-reactive ketones (excluding diaryl/α,β-unsaturated/α-hetero) is 1. The van der Waals surface area contributed by atoms with Crippen LogP contribution in [0.1, 0.15) is 36.6 Å². The lowest BCUT2D eigenvalue weighted by Crippen LogP contribution is -2.29. The monoisotopic (exact) mass is 521 g/mol. The van der Waals surface area contributed by atoms with Gasteiger partial charge in [0.1, 0.15) is 23.0 Å². The van der Waals surface area contributed by atoms with Gasteiger partial charge < -0.3 is 24.2 Å². The number of carbonyl (C=O) groups is 2. The number of rotatable bonds is 9. The van der Waals surface area contributed by atoms with Crippen LogP contribution in [0.5, 0.6) is 17.2 Å². The number of carbonyl (C=O) groups excluding carboxylic acids is 2. The van der Waals surface area contributed by atoms with Crippen molar-refractivity contribution in [2.24, 2.45) is 0 Å². The van der Waals surface area contributed by atoms with Gasteiger partial charge in [-0.3, -0.25) is 9.59 Å². The Morgan fingerprint density at radius 3 is 2.19 bits per heavy atom. The molecule has 7 nitrogen and oxygen atoms in total. The lowest BCUT2D eigenvalue weighted by molar-refractivity contribution is -0.140. The Morgan fingerprint density at radius 1 is 0.919 bits per heavy atom. The van der Waals surface area contributed by atoms with Crippen LogP contribution in [0.25, 0.3) is 5.76 Å². The number of ether oxygens (including phenoxy) is 3. The number of amides is 1. The molecule has 1 amide bonds. The molecule has 1 aliphatic rings. The highest BCUT2D eigenvalue weighted by Crippen LogP contribution is 2.41. The minimum atomic E-state index is -0.816. The smallest absolute Gasteiger partial charge is 0.295 e. The van der Waals surface area contributed by atoms with Crippen LogP contribution in [0.15, 0.2) is 72.3 Å². The molecule has 4 rings (SSSR count). The summed E-state index contributed by atoms with van der Waals surface area (Å²) >= 11 is 6.22. The highest BCUT2D eigenvalue weighted by atomic mass is 35.5. The van der Waals surface area contributed by atoms with Crippen molar-refractivity contribution in [1.29, 1.82) is 0 Å². The number of halogens is 1. The third kappa shape index (κ3) is 5.42. The van der Waals surface area contributed by atoms with E-state index in [2.05, 4.69) is 0 Å². The number of ketones is 1. The van der Waals surface area contributed by atoms with E-state index in [1.807, 2.05) is 26.0 Å². The molecule has 1 aliphatic heterocycles. The third-order valence-corrected chi connectivity index (χ3v) is 6.38. The average molecular weight is 522 g/mol. The maximum Gasteiger partial charge on any atom is 0.295 e. The molecular weight excluding hydrogens is 494 g/mol. The Labute approximate surface area is 220 Å². The van der Waals surface area contributed by atoms with Crippen LogP contribution in [0.4, 0.5) is 0 Å². The second kappa shape index (κ2) is 11.4. The van der Waals surface area contributed by atoms with Crippen LogP contribution in [0, 0.1) is 0 Å². The second-order valence-electron chi connectivity index (χ2n) is 8.36. The second-order valence-corrected chi connectivity index (χ2v) is 8.76. The van der Waals surface area contributed by atoms with E-state index in [4.69, 9.17) is 25.8 Å². The van der Waals surface area contributed by atoms with Crippen molar-refractivity contribution in [3.63, 3.8) is 0 Å². The van der Waals surface area contributed by atoms with Gasteiger partial charge in [0.25, 0.3) is 11.7 Å². The van der Waals surface area contributed by atoms with Gasteiger partial charge in [-0.25, -0.2) is 0 Å². The zero-order valence-electron chi connectivity index (χ0n) is 20.9. The van der Waals surface area contributed by atoms with E-state index in [9.17, 15) is 14.7 Å². The standard InChI is InChI=1S/C29H28ClNO6/c1-4-36-22-13-8-19(9-14-22)26-25(27(32)20-10-15-23(30)24(16-20)37-5-2)28(33)29(34)31(26)17-18-6-11-21(35-3)12-7-18/h6-16,26,32H,4-5,17H2,1-3H3/b27-25-. The van der Waals surface area contributed by atoms with Crippen molar-refractivity contribution in [1.82, 2.24) is 4.90 Å². The zero-order chi connectivity index (χ0) is 26.5. The Bertz CT molecular complexity index is 1320. The van der Waals surface area contributed by atoms with Gasteiger partial charge >= 0.3 is 0 Å².